The molecule has 1 aliphatic heterocycles. The fraction of sp³-hybridized carbons (Fsp3) is 0.409. The highest BCUT2D eigenvalue weighted by Crippen LogP contribution is 2.19. The molecule has 1 aromatic heterocycles. The first kappa shape index (κ1) is 21.4. The van der Waals surface area contributed by atoms with E-state index in [0.717, 1.165) is 12.8 Å². The lowest BCUT2D eigenvalue weighted by Gasteiger charge is -2.30. The molecule has 2 heterocycles. The molecule has 0 unspecified atom stereocenters. The molecule has 160 valence electrons. The Morgan fingerprint density at radius 2 is 1.77 bits per heavy atom. The van der Waals surface area contributed by atoms with Gasteiger partial charge in [0, 0.05) is 26.3 Å². The molecule has 1 saturated heterocycles. The summed E-state index contributed by atoms with van der Waals surface area (Å²) in [6.07, 6.45) is 3.43. The van der Waals surface area contributed by atoms with Gasteiger partial charge in [-0.25, -0.2) is 0 Å². The number of carbonyl (C=O) groups excluding carboxylic acids is 2. The Bertz CT molecular complexity index is 960. The summed E-state index contributed by atoms with van der Waals surface area (Å²) in [4.78, 5) is 39.3. The van der Waals surface area contributed by atoms with Crippen LogP contribution in [0.25, 0.3) is 0 Å². The maximum atomic E-state index is 12.8. The number of nitrogens with zero attached hydrogens (tertiary/aromatic N) is 2. The number of aryl methyl sites for hydroxylation is 1. The molecular weight excluding hydrogens is 386 g/mol. The molecule has 0 atom stereocenters. The molecule has 8 heteroatoms. The highest BCUT2D eigenvalue weighted by atomic mass is 16.5. The van der Waals surface area contributed by atoms with Gasteiger partial charge in [0.05, 0.1) is 12.7 Å². The highest BCUT2D eigenvalue weighted by Gasteiger charge is 2.23. The summed E-state index contributed by atoms with van der Waals surface area (Å²) in [5.74, 6) is 1.17. The molecule has 0 spiro atoms. The second-order valence-corrected chi connectivity index (χ2v) is 7.55. The number of amides is 2. The van der Waals surface area contributed by atoms with Gasteiger partial charge < -0.3 is 24.3 Å². The number of carbonyl (C=O) groups is 2. The fourth-order valence-corrected chi connectivity index (χ4v) is 3.32. The maximum absolute atomic E-state index is 12.8. The summed E-state index contributed by atoms with van der Waals surface area (Å²) in [6.45, 7) is 3.30. The van der Waals surface area contributed by atoms with Gasteiger partial charge in [0.2, 0.25) is 0 Å². The average Bonchev–Trinajstić information content (AvgIpc) is 2.75. The number of piperidine rings is 1. The Morgan fingerprint density at radius 1 is 1.13 bits per heavy atom. The first-order valence-corrected chi connectivity index (χ1v) is 9.94. The molecule has 0 radical (unpaired) electrons. The molecule has 0 bridgehead atoms. The molecule has 30 heavy (non-hydrogen) atoms. The Morgan fingerprint density at radius 3 is 2.40 bits per heavy atom. The van der Waals surface area contributed by atoms with Crippen molar-refractivity contribution >= 4 is 17.5 Å². The van der Waals surface area contributed by atoms with Crippen molar-refractivity contribution in [2.24, 2.45) is 13.0 Å². The van der Waals surface area contributed by atoms with Crippen LogP contribution in [0.15, 0.2) is 41.3 Å². The third-order valence-electron chi connectivity index (χ3n) is 5.20. The van der Waals surface area contributed by atoms with E-state index in [-0.39, 0.29) is 18.2 Å². The van der Waals surface area contributed by atoms with Crippen LogP contribution in [-0.2, 0) is 11.8 Å². The molecule has 0 saturated carbocycles. The molecule has 3 rings (SSSR count). The number of likely N-dealkylation sites (tertiary alicyclic amines) is 1. The van der Waals surface area contributed by atoms with Crippen LogP contribution in [0.1, 0.15) is 30.1 Å². The number of rotatable bonds is 6. The zero-order chi connectivity index (χ0) is 21.7. The van der Waals surface area contributed by atoms with Gasteiger partial charge in [0.15, 0.2) is 6.61 Å². The minimum Gasteiger partial charge on any atom is -0.497 e. The number of anilines is 1. The number of methoxy groups -OCH3 is 1. The van der Waals surface area contributed by atoms with Crippen LogP contribution < -0.4 is 20.3 Å². The first-order chi connectivity index (χ1) is 14.4. The van der Waals surface area contributed by atoms with E-state index in [0.29, 0.717) is 36.1 Å². The molecule has 1 aromatic carbocycles. The minimum absolute atomic E-state index is 0.0528. The third kappa shape index (κ3) is 5.20. The Kier molecular flexibility index (Phi) is 6.76. The molecule has 1 fully saturated rings. The van der Waals surface area contributed by atoms with Gasteiger partial charge in [-0.2, -0.15) is 0 Å². The van der Waals surface area contributed by atoms with Gasteiger partial charge >= 0.3 is 0 Å². The van der Waals surface area contributed by atoms with Gasteiger partial charge in [-0.15, -0.1) is 0 Å². The molecule has 1 N–H and O–H groups in total. The van der Waals surface area contributed by atoms with Crippen LogP contribution in [0.2, 0.25) is 0 Å². The third-order valence-corrected chi connectivity index (χ3v) is 5.20. The van der Waals surface area contributed by atoms with E-state index in [1.54, 1.807) is 43.3 Å². The van der Waals surface area contributed by atoms with Crippen LogP contribution in [0, 0.1) is 5.92 Å². The standard InChI is InChI=1S/C22H27N3O5/c1-15-8-10-25(11-9-15)21(27)16-12-19(22(28)24(2)13-16)23-20(26)14-30-18-6-4-17(29-3)5-7-18/h4-7,12-13,15H,8-11,14H2,1-3H3,(H,23,26). The van der Waals surface area contributed by atoms with Crippen LogP contribution in [-0.4, -0.2) is 48.1 Å². The predicted molar refractivity (Wildman–Crippen MR) is 113 cm³/mol. The van der Waals surface area contributed by atoms with Crippen molar-refractivity contribution in [3.8, 4) is 11.5 Å². The van der Waals surface area contributed by atoms with E-state index >= 15 is 0 Å². The first-order valence-electron chi connectivity index (χ1n) is 9.94. The number of benzene rings is 1. The number of hydrogen-bond acceptors (Lipinski definition) is 5. The molecule has 0 aliphatic carbocycles. The number of pyridine rings is 1. The van der Waals surface area contributed by atoms with Crippen molar-refractivity contribution in [3.63, 3.8) is 0 Å². The topological polar surface area (TPSA) is 89.9 Å². The predicted octanol–water partition coefficient (Wildman–Crippen LogP) is 2.28. The fourth-order valence-electron chi connectivity index (χ4n) is 3.32. The quantitative estimate of drug-likeness (QED) is 0.785. The van der Waals surface area contributed by atoms with Crippen LogP contribution in [0.4, 0.5) is 5.69 Å². The summed E-state index contributed by atoms with van der Waals surface area (Å²) in [5.41, 5.74) is 0.0340. The zero-order valence-corrected chi connectivity index (χ0v) is 17.5. The van der Waals surface area contributed by atoms with E-state index in [4.69, 9.17) is 9.47 Å². The van der Waals surface area contributed by atoms with Crippen LogP contribution in [0.5, 0.6) is 11.5 Å². The van der Waals surface area contributed by atoms with Crippen molar-refractivity contribution in [2.45, 2.75) is 19.8 Å². The monoisotopic (exact) mass is 413 g/mol. The number of nitrogens with one attached hydrogen (secondary N) is 1. The maximum Gasteiger partial charge on any atom is 0.274 e. The summed E-state index contributed by atoms with van der Waals surface area (Å²) in [7, 11) is 3.12. The van der Waals surface area contributed by atoms with E-state index < -0.39 is 11.5 Å². The second-order valence-electron chi connectivity index (χ2n) is 7.55. The summed E-state index contributed by atoms with van der Waals surface area (Å²) < 4.78 is 11.8. The molecule has 8 nitrogen and oxygen atoms in total. The Balaban J connectivity index is 1.66. The SMILES string of the molecule is COc1ccc(OCC(=O)Nc2cc(C(=O)N3CCC(C)CC3)cn(C)c2=O)cc1. The van der Waals surface area contributed by atoms with Crippen LogP contribution >= 0.6 is 0 Å². The second kappa shape index (κ2) is 9.47. The minimum atomic E-state index is -0.487. The zero-order valence-electron chi connectivity index (χ0n) is 17.5. The lowest BCUT2D eigenvalue weighted by molar-refractivity contribution is -0.118. The number of ether oxygens (including phenoxy) is 2. The van der Waals surface area contributed by atoms with E-state index in [9.17, 15) is 14.4 Å². The number of aromatic nitrogens is 1. The van der Waals surface area contributed by atoms with Crippen molar-refractivity contribution < 1.29 is 19.1 Å². The summed E-state index contributed by atoms with van der Waals surface area (Å²) in [6, 6.07) is 8.25. The van der Waals surface area contributed by atoms with Crippen molar-refractivity contribution in [1.29, 1.82) is 0 Å². The molecular formula is C22H27N3O5. The number of hydrogen-bond donors (Lipinski definition) is 1. The normalized spacial score (nSPS) is 14.3. The Labute approximate surface area is 175 Å². The van der Waals surface area contributed by atoms with Crippen molar-refractivity contribution in [1.82, 2.24) is 9.47 Å². The van der Waals surface area contributed by atoms with Gasteiger partial charge in [0.25, 0.3) is 17.4 Å². The Hall–Kier alpha value is -3.29. The average molecular weight is 413 g/mol. The van der Waals surface area contributed by atoms with E-state index in [1.165, 1.54) is 16.8 Å². The van der Waals surface area contributed by atoms with Crippen molar-refractivity contribution in [2.75, 3.05) is 32.1 Å². The lowest BCUT2D eigenvalue weighted by Crippen LogP contribution is -2.38. The molecule has 2 amide bonds. The van der Waals surface area contributed by atoms with Gasteiger partial charge in [-0.3, -0.25) is 14.4 Å². The summed E-state index contributed by atoms with van der Waals surface area (Å²) >= 11 is 0. The lowest BCUT2D eigenvalue weighted by atomic mass is 9.99. The van der Waals surface area contributed by atoms with Gasteiger partial charge in [-0.1, -0.05) is 6.92 Å². The largest absolute Gasteiger partial charge is 0.497 e. The van der Waals surface area contributed by atoms with Gasteiger partial charge in [0.1, 0.15) is 17.2 Å². The van der Waals surface area contributed by atoms with E-state index in [2.05, 4.69) is 12.2 Å². The molecule has 1 aliphatic rings. The van der Waals surface area contributed by atoms with E-state index in [1.807, 2.05) is 0 Å². The summed E-state index contributed by atoms with van der Waals surface area (Å²) in [5, 5.41) is 2.56. The molecule has 2 aromatic rings. The van der Waals surface area contributed by atoms with Crippen LogP contribution in [0.3, 0.4) is 0 Å². The smallest absolute Gasteiger partial charge is 0.274 e. The van der Waals surface area contributed by atoms with Crippen molar-refractivity contribution in [3.05, 3.63) is 52.4 Å². The van der Waals surface area contributed by atoms with Gasteiger partial charge in [-0.05, 0) is 49.1 Å². The highest BCUT2D eigenvalue weighted by molar-refractivity contribution is 5.97.